The van der Waals surface area contributed by atoms with Gasteiger partial charge in [-0.3, -0.25) is 4.79 Å². The van der Waals surface area contributed by atoms with E-state index in [4.69, 9.17) is 23.2 Å². The Morgan fingerprint density at radius 3 is 2.57 bits per heavy atom. The summed E-state index contributed by atoms with van der Waals surface area (Å²) in [5, 5.41) is 3.02. The van der Waals surface area contributed by atoms with Crippen molar-refractivity contribution in [3.8, 4) is 0 Å². The van der Waals surface area contributed by atoms with Crippen LogP contribution in [0.2, 0.25) is 10.3 Å². The second-order valence-corrected chi connectivity index (χ2v) is 5.05. The van der Waals surface area contributed by atoms with Gasteiger partial charge in [-0.25, -0.2) is 9.37 Å². The molecule has 0 aliphatic carbocycles. The van der Waals surface area contributed by atoms with Gasteiger partial charge in [-0.1, -0.05) is 35.3 Å². The van der Waals surface area contributed by atoms with E-state index in [0.717, 1.165) is 0 Å². The molecule has 0 atom stereocenters. The number of carbonyl (C=O) groups excluding carboxylic acids is 1. The van der Waals surface area contributed by atoms with Crippen molar-refractivity contribution in [3.63, 3.8) is 0 Å². The fourth-order valence-electron chi connectivity index (χ4n) is 1.66. The quantitative estimate of drug-likeness (QED) is 0.667. The molecule has 1 aromatic carbocycles. The van der Waals surface area contributed by atoms with Crippen LogP contribution in [-0.4, -0.2) is 10.9 Å². The molecule has 2 aromatic rings. The molecule has 0 fully saturated rings. The number of anilines is 1. The predicted octanol–water partition coefficient (Wildman–Crippen LogP) is 4.49. The van der Waals surface area contributed by atoms with Crippen LogP contribution in [0.3, 0.4) is 0 Å². The number of benzene rings is 1. The molecule has 0 aliphatic heterocycles. The molecular formula is C15H11Cl2FN2O. The number of hydrogen-bond acceptors (Lipinski definition) is 2. The Labute approximate surface area is 131 Å². The van der Waals surface area contributed by atoms with E-state index in [2.05, 4.69) is 10.3 Å². The first-order valence-electron chi connectivity index (χ1n) is 6.03. The number of hydrogen-bond donors (Lipinski definition) is 1. The van der Waals surface area contributed by atoms with Gasteiger partial charge in [0.15, 0.2) is 5.15 Å². The van der Waals surface area contributed by atoms with E-state index in [9.17, 15) is 9.18 Å². The maximum absolute atomic E-state index is 12.8. The molecule has 0 bridgehead atoms. The Balaban J connectivity index is 2.10. The summed E-state index contributed by atoms with van der Waals surface area (Å²) in [5.74, 6) is -0.695. The highest BCUT2D eigenvalue weighted by molar-refractivity contribution is 6.35. The number of nitrogens with one attached hydrogen (secondary N) is 1. The highest BCUT2D eigenvalue weighted by Crippen LogP contribution is 2.26. The van der Waals surface area contributed by atoms with Crippen molar-refractivity contribution >= 4 is 40.9 Å². The number of carbonyl (C=O) groups is 1. The highest BCUT2D eigenvalue weighted by Gasteiger charge is 2.09. The van der Waals surface area contributed by atoms with Crippen LogP contribution in [-0.2, 0) is 4.79 Å². The monoisotopic (exact) mass is 324 g/mol. The summed E-state index contributed by atoms with van der Waals surface area (Å²) >= 11 is 11.7. The lowest BCUT2D eigenvalue weighted by molar-refractivity contribution is -0.111. The molecule has 0 spiro atoms. The van der Waals surface area contributed by atoms with Gasteiger partial charge < -0.3 is 5.32 Å². The molecule has 1 aromatic heterocycles. The Morgan fingerprint density at radius 2 is 1.95 bits per heavy atom. The summed E-state index contributed by atoms with van der Waals surface area (Å²) in [6.45, 7) is 1.76. The molecule has 108 valence electrons. The fraction of sp³-hybridized carbons (Fsp3) is 0.0667. The van der Waals surface area contributed by atoms with Gasteiger partial charge in [0.2, 0.25) is 5.91 Å². The normalized spacial score (nSPS) is 10.9. The van der Waals surface area contributed by atoms with Gasteiger partial charge in [-0.05, 0) is 42.3 Å². The number of halogens is 3. The Morgan fingerprint density at radius 1 is 1.29 bits per heavy atom. The molecule has 0 radical (unpaired) electrons. The van der Waals surface area contributed by atoms with Crippen molar-refractivity contribution in [1.82, 2.24) is 4.98 Å². The largest absolute Gasteiger partial charge is 0.320 e. The Hall–Kier alpha value is -1.91. The molecule has 2 rings (SSSR count). The van der Waals surface area contributed by atoms with E-state index in [1.54, 1.807) is 31.2 Å². The van der Waals surface area contributed by atoms with E-state index in [0.29, 0.717) is 16.8 Å². The van der Waals surface area contributed by atoms with Crippen molar-refractivity contribution in [2.75, 3.05) is 5.32 Å². The fourth-order valence-corrected chi connectivity index (χ4v) is 2.24. The predicted molar refractivity (Wildman–Crippen MR) is 83.1 cm³/mol. The zero-order chi connectivity index (χ0) is 15.4. The van der Waals surface area contributed by atoms with Crippen molar-refractivity contribution in [2.45, 2.75) is 6.92 Å². The second kappa shape index (κ2) is 6.70. The lowest BCUT2D eigenvalue weighted by atomic mass is 10.2. The lowest BCUT2D eigenvalue weighted by Crippen LogP contribution is -2.10. The minimum Gasteiger partial charge on any atom is -0.320 e. The third kappa shape index (κ3) is 4.28. The second-order valence-electron chi connectivity index (χ2n) is 4.30. The number of aromatic nitrogens is 1. The third-order valence-electron chi connectivity index (χ3n) is 2.69. The SMILES string of the molecule is Cc1cc(Cl)nc(Cl)c1NC(=O)/C=C/c1ccc(F)cc1. The smallest absolute Gasteiger partial charge is 0.248 e. The number of nitrogens with zero attached hydrogens (tertiary/aromatic N) is 1. The zero-order valence-corrected chi connectivity index (χ0v) is 12.5. The molecule has 0 saturated heterocycles. The highest BCUT2D eigenvalue weighted by atomic mass is 35.5. The van der Waals surface area contributed by atoms with Gasteiger partial charge in [0.25, 0.3) is 0 Å². The first kappa shape index (κ1) is 15.5. The molecule has 1 heterocycles. The topological polar surface area (TPSA) is 42.0 Å². The number of rotatable bonds is 3. The molecule has 3 nitrogen and oxygen atoms in total. The molecule has 21 heavy (non-hydrogen) atoms. The summed E-state index contributed by atoms with van der Waals surface area (Å²) in [6.07, 6.45) is 2.90. The first-order chi connectivity index (χ1) is 9.95. The van der Waals surface area contributed by atoms with Crippen LogP contribution in [0.1, 0.15) is 11.1 Å². The number of amides is 1. The average Bonchev–Trinajstić information content (AvgIpc) is 2.42. The Kier molecular flexibility index (Phi) is 4.94. The van der Waals surface area contributed by atoms with Crippen LogP contribution in [0.25, 0.3) is 6.08 Å². The maximum Gasteiger partial charge on any atom is 0.248 e. The third-order valence-corrected chi connectivity index (χ3v) is 3.15. The van der Waals surface area contributed by atoms with Gasteiger partial charge in [-0.2, -0.15) is 0 Å². The summed E-state index contributed by atoms with van der Waals surface area (Å²) in [6, 6.07) is 7.39. The van der Waals surface area contributed by atoms with Gasteiger partial charge >= 0.3 is 0 Å². The van der Waals surface area contributed by atoms with Crippen molar-refractivity contribution < 1.29 is 9.18 Å². The summed E-state index contributed by atoms with van der Waals surface area (Å²) < 4.78 is 12.8. The minimum absolute atomic E-state index is 0.128. The van der Waals surface area contributed by atoms with Crippen LogP contribution in [0.5, 0.6) is 0 Å². The molecule has 6 heteroatoms. The van der Waals surface area contributed by atoms with Gasteiger partial charge in [0.05, 0.1) is 5.69 Å². The number of aryl methyl sites for hydroxylation is 1. The van der Waals surface area contributed by atoms with Gasteiger partial charge in [0.1, 0.15) is 11.0 Å². The first-order valence-corrected chi connectivity index (χ1v) is 6.78. The Bertz CT molecular complexity index is 676. The molecule has 1 N–H and O–H groups in total. The standard InChI is InChI=1S/C15H11Cl2FN2O/c1-9-8-12(16)19-15(17)14(9)20-13(21)7-4-10-2-5-11(18)6-3-10/h2-8H,1H3,(H,20,21)/b7-4+. The van der Waals surface area contributed by atoms with Crippen LogP contribution in [0, 0.1) is 12.7 Å². The molecule has 0 aliphatic rings. The van der Waals surface area contributed by atoms with Gasteiger partial charge in [0, 0.05) is 6.08 Å². The van der Waals surface area contributed by atoms with E-state index in [-0.39, 0.29) is 22.0 Å². The van der Waals surface area contributed by atoms with Crippen molar-refractivity contribution in [1.29, 1.82) is 0 Å². The number of pyridine rings is 1. The lowest BCUT2D eigenvalue weighted by Gasteiger charge is -2.08. The molecular weight excluding hydrogens is 314 g/mol. The van der Waals surface area contributed by atoms with Crippen LogP contribution < -0.4 is 5.32 Å². The summed E-state index contributed by atoms with van der Waals surface area (Å²) in [7, 11) is 0. The molecule has 1 amide bonds. The van der Waals surface area contributed by atoms with E-state index < -0.39 is 0 Å². The maximum atomic E-state index is 12.8. The van der Waals surface area contributed by atoms with Crippen LogP contribution in [0.4, 0.5) is 10.1 Å². The van der Waals surface area contributed by atoms with Crippen molar-refractivity contribution in [3.05, 3.63) is 63.7 Å². The summed E-state index contributed by atoms with van der Waals surface area (Å²) in [4.78, 5) is 15.7. The minimum atomic E-state index is -0.367. The van der Waals surface area contributed by atoms with Gasteiger partial charge in [-0.15, -0.1) is 0 Å². The zero-order valence-electron chi connectivity index (χ0n) is 11.0. The van der Waals surface area contributed by atoms with E-state index in [1.807, 2.05) is 0 Å². The van der Waals surface area contributed by atoms with Crippen molar-refractivity contribution in [2.24, 2.45) is 0 Å². The molecule has 0 unspecified atom stereocenters. The van der Waals surface area contributed by atoms with Crippen LogP contribution in [0.15, 0.2) is 36.4 Å². The van der Waals surface area contributed by atoms with Crippen LogP contribution >= 0.6 is 23.2 Å². The van der Waals surface area contributed by atoms with E-state index >= 15 is 0 Å². The molecule has 0 saturated carbocycles. The average molecular weight is 325 g/mol. The van der Waals surface area contributed by atoms with E-state index in [1.165, 1.54) is 18.2 Å². The summed E-state index contributed by atoms with van der Waals surface area (Å²) in [5.41, 5.74) is 1.84.